The molecule has 1 rings (SSSR count). The van der Waals surface area contributed by atoms with Gasteiger partial charge in [0.05, 0.1) is 4.92 Å². The minimum Gasteiger partial charge on any atom is -0.393 e. The summed E-state index contributed by atoms with van der Waals surface area (Å²) in [5.41, 5.74) is 5.70. The van der Waals surface area contributed by atoms with Crippen molar-refractivity contribution in [2.75, 3.05) is 23.5 Å². The molecule has 0 aliphatic rings. The van der Waals surface area contributed by atoms with Crippen molar-refractivity contribution in [3.63, 3.8) is 0 Å². The van der Waals surface area contributed by atoms with Gasteiger partial charge >= 0.3 is 0 Å². The molecule has 0 amide bonds. The molecule has 0 aliphatic heterocycles. The van der Waals surface area contributed by atoms with E-state index in [-0.39, 0.29) is 11.4 Å². The van der Waals surface area contributed by atoms with E-state index >= 15 is 0 Å². The standard InChI is InChI=1S/C9H12N2O2S2/c1-14-4-5-15-7-2-3-8(10)9(6-7)11(12)13/h2-3,6H,4-5,10H2,1H3. The van der Waals surface area contributed by atoms with Gasteiger partial charge in [0.25, 0.3) is 5.69 Å². The smallest absolute Gasteiger partial charge is 0.293 e. The molecule has 0 spiro atoms. The van der Waals surface area contributed by atoms with Gasteiger partial charge in [0.1, 0.15) is 5.69 Å². The number of nitro groups is 1. The summed E-state index contributed by atoms with van der Waals surface area (Å²) in [7, 11) is 0. The molecule has 0 bridgehead atoms. The van der Waals surface area contributed by atoms with Gasteiger partial charge in [0.2, 0.25) is 0 Å². The number of nitrogens with zero attached hydrogens (tertiary/aromatic N) is 1. The van der Waals surface area contributed by atoms with Gasteiger partial charge in [-0.15, -0.1) is 11.8 Å². The van der Waals surface area contributed by atoms with E-state index in [9.17, 15) is 10.1 Å². The van der Waals surface area contributed by atoms with Gasteiger partial charge in [0, 0.05) is 22.5 Å². The van der Waals surface area contributed by atoms with Gasteiger partial charge in [-0.2, -0.15) is 11.8 Å². The SMILES string of the molecule is CSCCSc1ccc(N)c([N+](=O)[O-])c1. The van der Waals surface area contributed by atoms with Crippen LogP contribution in [-0.2, 0) is 0 Å². The predicted octanol–water partition coefficient (Wildman–Crippen LogP) is 2.63. The first kappa shape index (κ1) is 12.2. The highest BCUT2D eigenvalue weighted by molar-refractivity contribution is 8.02. The van der Waals surface area contributed by atoms with Gasteiger partial charge in [-0.25, -0.2) is 0 Å². The third-order valence-corrected chi connectivity index (χ3v) is 3.62. The largest absolute Gasteiger partial charge is 0.393 e. The summed E-state index contributed by atoms with van der Waals surface area (Å²) in [5.74, 6) is 1.98. The lowest BCUT2D eigenvalue weighted by Crippen LogP contribution is -1.95. The second kappa shape index (κ2) is 5.87. The number of nitrogens with two attached hydrogens (primary N) is 1. The monoisotopic (exact) mass is 244 g/mol. The molecule has 4 nitrogen and oxygen atoms in total. The molecule has 0 fully saturated rings. The second-order valence-electron chi connectivity index (χ2n) is 2.82. The predicted molar refractivity (Wildman–Crippen MR) is 66.6 cm³/mol. The van der Waals surface area contributed by atoms with Crippen molar-refractivity contribution < 1.29 is 4.92 Å². The molecule has 0 aliphatic carbocycles. The Morgan fingerprint density at radius 2 is 2.20 bits per heavy atom. The van der Waals surface area contributed by atoms with Crippen LogP contribution in [0, 0.1) is 10.1 Å². The van der Waals surface area contributed by atoms with Gasteiger partial charge in [-0.1, -0.05) is 0 Å². The number of nitrogen functional groups attached to an aromatic ring is 1. The number of hydrogen-bond donors (Lipinski definition) is 1. The Morgan fingerprint density at radius 1 is 1.47 bits per heavy atom. The van der Waals surface area contributed by atoms with Crippen LogP contribution in [0.15, 0.2) is 23.1 Å². The quantitative estimate of drug-likeness (QED) is 0.283. The average molecular weight is 244 g/mol. The van der Waals surface area contributed by atoms with E-state index in [1.165, 1.54) is 6.07 Å². The van der Waals surface area contributed by atoms with E-state index < -0.39 is 4.92 Å². The lowest BCUT2D eigenvalue weighted by atomic mass is 10.3. The summed E-state index contributed by atoms with van der Waals surface area (Å²) in [5, 5.41) is 10.6. The minimum absolute atomic E-state index is 0.0100. The number of rotatable bonds is 5. The van der Waals surface area contributed by atoms with E-state index in [2.05, 4.69) is 0 Å². The zero-order valence-corrected chi connectivity index (χ0v) is 9.94. The van der Waals surface area contributed by atoms with E-state index in [1.807, 2.05) is 12.3 Å². The first-order valence-corrected chi connectivity index (χ1v) is 6.68. The lowest BCUT2D eigenvalue weighted by molar-refractivity contribution is -0.384. The molecular weight excluding hydrogens is 232 g/mol. The maximum absolute atomic E-state index is 10.6. The number of nitro benzene ring substituents is 1. The molecule has 0 saturated heterocycles. The van der Waals surface area contributed by atoms with Crippen molar-refractivity contribution in [2.24, 2.45) is 0 Å². The highest BCUT2D eigenvalue weighted by Crippen LogP contribution is 2.28. The van der Waals surface area contributed by atoms with Crippen LogP contribution in [0.5, 0.6) is 0 Å². The maximum atomic E-state index is 10.6. The molecule has 15 heavy (non-hydrogen) atoms. The highest BCUT2D eigenvalue weighted by atomic mass is 32.2. The number of thioether (sulfide) groups is 2. The minimum atomic E-state index is -0.450. The third kappa shape index (κ3) is 3.64. The van der Waals surface area contributed by atoms with Gasteiger partial charge in [-0.3, -0.25) is 10.1 Å². The Balaban J connectivity index is 2.74. The van der Waals surface area contributed by atoms with Crippen LogP contribution in [0.1, 0.15) is 0 Å². The van der Waals surface area contributed by atoms with Crippen molar-refractivity contribution in [3.8, 4) is 0 Å². The van der Waals surface area contributed by atoms with Gasteiger partial charge in [-0.05, 0) is 18.4 Å². The molecule has 1 aromatic rings. The van der Waals surface area contributed by atoms with Crippen LogP contribution < -0.4 is 5.73 Å². The van der Waals surface area contributed by atoms with Crippen LogP contribution >= 0.6 is 23.5 Å². The molecule has 0 saturated carbocycles. The van der Waals surface area contributed by atoms with Crippen LogP contribution in [0.3, 0.4) is 0 Å². The van der Waals surface area contributed by atoms with Crippen LogP contribution in [0.25, 0.3) is 0 Å². The maximum Gasteiger partial charge on any atom is 0.293 e. The zero-order chi connectivity index (χ0) is 11.3. The van der Waals surface area contributed by atoms with E-state index in [0.29, 0.717) is 0 Å². The van der Waals surface area contributed by atoms with Crippen molar-refractivity contribution in [1.29, 1.82) is 0 Å². The van der Waals surface area contributed by atoms with Crippen molar-refractivity contribution in [1.82, 2.24) is 0 Å². The van der Waals surface area contributed by atoms with Crippen molar-refractivity contribution in [3.05, 3.63) is 28.3 Å². The number of hydrogen-bond acceptors (Lipinski definition) is 5. The average Bonchev–Trinajstić information content (AvgIpc) is 2.20. The van der Waals surface area contributed by atoms with Crippen molar-refractivity contribution in [2.45, 2.75) is 4.90 Å². The summed E-state index contributed by atoms with van der Waals surface area (Å²) >= 11 is 3.36. The molecule has 0 aromatic heterocycles. The number of anilines is 1. The van der Waals surface area contributed by atoms with Crippen molar-refractivity contribution >= 4 is 34.9 Å². The number of benzene rings is 1. The normalized spacial score (nSPS) is 10.2. The summed E-state index contributed by atoms with van der Waals surface area (Å²) in [4.78, 5) is 11.1. The fourth-order valence-electron chi connectivity index (χ4n) is 1.01. The lowest BCUT2D eigenvalue weighted by Gasteiger charge is -2.02. The molecule has 0 unspecified atom stereocenters. The summed E-state index contributed by atoms with van der Waals surface area (Å²) < 4.78 is 0. The summed E-state index contributed by atoms with van der Waals surface area (Å²) in [6.45, 7) is 0. The Labute approximate surface area is 96.8 Å². The Bertz CT molecular complexity index is 358. The van der Waals surface area contributed by atoms with Gasteiger partial charge < -0.3 is 5.73 Å². The molecule has 0 heterocycles. The van der Waals surface area contributed by atoms with Crippen LogP contribution in [0.2, 0.25) is 0 Å². The third-order valence-electron chi connectivity index (χ3n) is 1.75. The van der Waals surface area contributed by atoms with Gasteiger partial charge in [0.15, 0.2) is 0 Å². The second-order valence-corrected chi connectivity index (χ2v) is 4.97. The molecule has 0 radical (unpaired) electrons. The topological polar surface area (TPSA) is 69.2 Å². The zero-order valence-electron chi connectivity index (χ0n) is 8.30. The molecular formula is C9H12N2O2S2. The Hall–Kier alpha value is -0.880. The fraction of sp³-hybridized carbons (Fsp3) is 0.333. The first-order chi connectivity index (χ1) is 7.15. The van der Waals surface area contributed by atoms with Crippen LogP contribution in [-0.4, -0.2) is 22.7 Å². The molecule has 2 N–H and O–H groups in total. The highest BCUT2D eigenvalue weighted by Gasteiger charge is 2.11. The molecule has 82 valence electrons. The molecule has 6 heteroatoms. The molecule has 0 atom stereocenters. The van der Waals surface area contributed by atoms with E-state index in [1.54, 1.807) is 29.6 Å². The first-order valence-electron chi connectivity index (χ1n) is 4.31. The molecule has 1 aromatic carbocycles. The summed E-state index contributed by atoms with van der Waals surface area (Å²) in [6.07, 6.45) is 2.03. The summed E-state index contributed by atoms with van der Waals surface area (Å²) in [6, 6.07) is 4.92. The van der Waals surface area contributed by atoms with E-state index in [4.69, 9.17) is 5.73 Å². The Morgan fingerprint density at radius 3 is 2.80 bits per heavy atom. The van der Waals surface area contributed by atoms with Crippen LogP contribution in [0.4, 0.5) is 11.4 Å². The fourth-order valence-corrected chi connectivity index (χ4v) is 2.61. The van der Waals surface area contributed by atoms with E-state index in [0.717, 1.165) is 16.4 Å². The Kier molecular flexibility index (Phi) is 4.77.